The lowest BCUT2D eigenvalue weighted by atomic mass is 9.56. The van der Waals surface area contributed by atoms with Gasteiger partial charge in [0.15, 0.2) is 5.96 Å². The second-order valence-electron chi connectivity index (χ2n) is 7.49. The summed E-state index contributed by atoms with van der Waals surface area (Å²) in [5.41, 5.74) is -0.0268. The maximum Gasteiger partial charge on any atom is 0.191 e. The summed E-state index contributed by atoms with van der Waals surface area (Å²) in [6.07, 6.45) is 2.20. The van der Waals surface area contributed by atoms with Gasteiger partial charge in [-0.1, -0.05) is 13.8 Å². The predicted molar refractivity (Wildman–Crippen MR) is 107 cm³/mol. The SMILES string of the molecule is CN=C(NC(C)COC1CCOC1)NC1CC(C)(OC)C1(C)C.I. The van der Waals surface area contributed by atoms with Gasteiger partial charge in [-0.2, -0.15) is 0 Å². The summed E-state index contributed by atoms with van der Waals surface area (Å²) in [5.74, 6) is 0.819. The van der Waals surface area contributed by atoms with Crippen molar-refractivity contribution in [3.63, 3.8) is 0 Å². The minimum Gasteiger partial charge on any atom is -0.379 e. The van der Waals surface area contributed by atoms with Crippen LogP contribution in [-0.2, 0) is 14.2 Å². The van der Waals surface area contributed by atoms with Gasteiger partial charge in [-0.15, -0.1) is 24.0 Å². The smallest absolute Gasteiger partial charge is 0.191 e. The summed E-state index contributed by atoms with van der Waals surface area (Å²) < 4.78 is 16.9. The number of hydrogen-bond donors (Lipinski definition) is 2. The highest BCUT2D eigenvalue weighted by Crippen LogP contribution is 2.51. The van der Waals surface area contributed by atoms with Crippen LogP contribution < -0.4 is 10.6 Å². The standard InChI is InChI=1S/C17H33N3O3.HI/c1-12(10-23-13-7-8-22-11-13)19-15(18-5)20-14-9-17(4,21-6)16(14,2)3;/h12-14H,7-11H2,1-6H3,(H2,18,19,20);1H. The predicted octanol–water partition coefficient (Wildman–Crippen LogP) is 2.17. The molecule has 0 bridgehead atoms. The van der Waals surface area contributed by atoms with Crippen LogP contribution in [0.4, 0.5) is 0 Å². The molecule has 24 heavy (non-hydrogen) atoms. The average Bonchev–Trinajstić information content (AvgIpc) is 3.04. The summed E-state index contributed by atoms with van der Waals surface area (Å²) in [5, 5.41) is 6.93. The highest BCUT2D eigenvalue weighted by Gasteiger charge is 2.58. The Morgan fingerprint density at radius 1 is 1.38 bits per heavy atom. The molecule has 0 aromatic rings. The molecule has 2 rings (SSSR count). The minimum absolute atomic E-state index is 0. The van der Waals surface area contributed by atoms with E-state index >= 15 is 0 Å². The molecule has 0 aromatic heterocycles. The van der Waals surface area contributed by atoms with E-state index in [1.807, 2.05) is 0 Å². The second-order valence-corrected chi connectivity index (χ2v) is 7.49. The Morgan fingerprint density at radius 2 is 2.08 bits per heavy atom. The number of nitrogens with one attached hydrogen (secondary N) is 2. The molecule has 2 aliphatic rings. The first-order valence-electron chi connectivity index (χ1n) is 8.56. The van der Waals surface area contributed by atoms with Crippen molar-refractivity contribution in [1.82, 2.24) is 10.6 Å². The summed E-state index contributed by atoms with van der Waals surface area (Å²) in [6, 6.07) is 0.536. The summed E-state index contributed by atoms with van der Waals surface area (Å²) in [7, 11) is 3.59. The summed E-state index contributed by atoms with van der Waals surface area (Å²) in [4.78, 5) is 4.34. The Bertz CT molecular complexity index is 427. The molecular weight excluding hydrogens is 421 g/mol. The van der Waals surface area contributed by atoms with Crippen molar-refractivity contribution < 1.29 is 14.2 Å². The van der Waals surface area contributed by atoms with E-state index in [9.17, 15) is 0 Å². The molecule has 0 radical (unpaired) electrons. The van der Waals surface area contributed by atoms with Crippen LogP contribution >= 0.6 is 24.0 Å². The Morgan fingerprint density at radius 3 is 2.58 bits per heavy atom. The van der Waals surface area contributed by atoms with Gasteiger partial charge in [0, 0.05) is 38.3 Å². The largest absolute Gasteiger partial charge is 0.379 e. The molecule has 142 valence electrons. The monoisotopic (exact) mass is 455 g/mol. The van der Waals surface area contributed by atoms with Crippen LogP contribution in [0.5, 0.6) is 0 Å². The van der Waals surface area contributed by atoms with Crippen molar-refractivity contribution in [3.05, 3.63) is 0 Å². The Hall–Kier alpha value is -0.120. The van der Waals surface area contributed by atoms with Gasteiger partial charge in [0.2, 0.25) is 0 Å². The number of methoxy groups -OCH3 is 1. The molecule has 0 spiro atoms. The normalized spacial score (nSPS) is 33.3. The highest BCUT2D eigenvalue weighted by atomic mass is 127. The van der Waals surface area contributed by atoms with Crippen molar-refractivity contribution >= 4 is 29.9 Å². The number of halogens is 1. The van der Waals surface area contributed by atoms with Crippen LogP contribution in [0.2, 0.25) is 0 Å². The van der Waals surface area contributed by atoms with Crippen LogP contribution in [0.1, 0.15) is 40.5 Å². The van der Waals surface area contributed by atoms with Crippen LogP contribution in [0.15, 0.2) is 4.99 Å². The van der Waals surface area contributed by atoms with Crippen LogP contribution in [-0.4, -0.2) is 63.7 Å². The highest BCUT2D eigenvalue weighted by molar-refractivity contribution is 14.0. The van der Waals surface area contributed by atoms with Crippen LogP contribution in [0.3, 0.4) is 0 Å². The lowest BCUT2D eigenvalue weighted by molar-refractivity contribution is -0.176. The van der Waals surface area contributed by atoms with Crippen molar-refractivity contribution in [2.24, 2.45) is 10.4 Å². The zero-order valence-corrected chi connectivity index (χ0v) is 18.2. The molecule has 1 aliphatic carbocycles. The maximum absolute atomic E-state index is 5.86. The number of aliphatic imine (C=N–C) groups is 1. The zero-order chi connectivity index (χ0) is 17.1. The first-order valence-corrected chi connectivity index (χ1v) is 8.56. The van der Waals surface area contributed by atoms with Gasteiger partial charge >= 0.3 is 0 Å². The molecule has 0 amide bonds. The fraction of sp³-hybridized carbons (Fsp3) is 0.941. The number of hydrogen-bond acceptors (Lipinski definition) is 4. The minimum atomic E-state index is -0.0826. The van der Waals surface area contributed by atoms with E-state index in [2.05, 4.69) is 43.3 Å². The van der Waals surface area contributed by atoms with Crippen molar-refractivity contribution in [3.8, 4) is 0 Å². The molecule has 1 saturated heterocycles. The van der Waals surface area contributed by atoms with Crippen molar-refractivity contribution in [2.45, 2.75) is 64.3 Å². The summed E-state index contributed by atoms with van der Waals surface area (Å²) >= 11 is 0. The van der Waals surface area contributed by atoms with Crippen LogP contribution in [0, 0.1) is 5.41 Å². The Kier molecular flexibility index (Phi) is 8.22. The number of nitrogens with zero attached hydrogens (tertiary/aromatic N) is 1. The Labute approximate surface area is 163 Å². The lowest BCUT2D eigenvalue weighted by Gasteiger charge is -2.59. The van der Waals surface area contributed by atoms with Gasteiger partial charge in [0.25, 0.3) is 0 Å². The van der Waals surface area contributed by atoms with Gasteiger partial charge in [0.1, 0.15) is 0 Å². The summed E-state index contributed by atoms with van der Waals surface area (Å²) in [6.45, 7) is 10.9. The second kappa shape index (κ2) is 9.00. The van der Waals surface area contributed by atoms with E-state index in [1.165, 1.54) is 0 Å². The van der Waals surface area contributed by atoms with Gasteiger partial charge in [0.05, 0.1) is 24.9 Å². The molecule has 1 saturated carbocycles. The number of rotatable bonds is 6. The van der Waals surface area contributed by atoms with Crippen LogP contribution in [0.25, 0.3) is 0 Å². The molecule has 1 aliphatic heterocycles. The molecule has 4 unspecified atom stereocenters. The first kappa shape index (κ1) is 21.9. The number of ether oxygens (including phenoxy) is 3. The van der Waals surface area contributed by atoms with Gasteiger partial charge < -0.3 is 24.8 Å². The fourth-order valence-corrected chi connectivity index (χ4v) is 3.26. The van der Waals surface area contributed by atoms with Crippen molar-refractivity contribution in [1.29, 1.82) is 0 Å². The van der Waals surface area contributed by atoms with E-state index in [1.54, 1.807) is 14.2 Å². The first-order chi connectivity index (χ1) is 10.8. The average molecular weight is 455 g/mol. The molecular formula is C17H34IN3O3. The Balaban J connectivity index is 0.00000288. The van der Waals surface area contributed by atoms with Gasteiger partial charge in [-0.3, -0.25) is 4.99 Å². The molecule has 6 nitrogen and oxygen atoms in total. The lowest BCUT2D eigenvalue weighted by Crippen LogP contribution is -2.69. The molecule has 2 fully saturated rings. The van der Waals surface area contributed by atoms with Crippen molar-refractivity contribution in [2.75, 3.05) is 34.0 Å². The third-order valence-corrected chi connectivity index (χ3v) is 5.67. The topological polar surface area (TPSA) is 64.1 Å². The molecule has 0 aromatic carbocycles. The zero-order valence-electron chi connectivity index (χ0n) is 15.8. The maximum atomic E-state index is 5.86. The third kappa shape index (κ3) is 4.74. The number of guanidine groups is 1. The van der Waals surface area contributed by atoms with E-state index in [-0.39, 0.29) is 47.1 Å². The van der Waals surface area contributed by atoms with E-state index in [0.29, 0.717) is 19.3 Å². The fourth-order valence-electron chi connectivity index (χ4n) is 3.26. The van der Waals surface area contributed by atoms with Gasteiger partial charge in [-0.25, -0.2) is 0 Å². The quantitative estimate of drug-likeness (QED) is 0.365. The van der Waals surface area contributed by atoms with Gasteiger partial charge in [-0.05, 0) is 26.7 Å². The molecule has 7 heteroatoms. The third-order valence-electron chi connectivity index (χ3n) is 5.67. The van der Waals surface area contributed by atoms with E-state index in [4.69, 9.17) is 14.2 Å². The molecule has 2 N–H and O–H groups in total. The molecule has 1 heterocycles. The molecule has 4 atom stereocenters. The van der Waals surface area contributed by atoms with E-state index in [0.717, 1.165) is 25.4 Å². The van der Waals surface area contributed by atoms with E-state index < -0.39 is 0 Å².